The highest BCUT2D eigenvalue weighted by molar-refractivity contribution is 7.89. The molecule has 4 nitrogen and oxygen atoms in total. The molecule has 0 aromatic carbocycles. The normalized spacial score (nSPS) is 23.0. The number of rotatable bonds is 6. The molecule has 19 heavy (non-hydrogen) atoms. The molecule has 0 aliphatic heterocycles. The summed E-state index contributed by atoms with van der Waals surface area (Å²) in [4.78, 5) is 1.37. The van der Waals surface area contributed by atoms with Crippen molar-refractivity contribution in [3.63, 3.8) is 0 Å². The van der Waals surface area contributed by atoms with Crippen LogP contribution >= 0.6 is 11.3 Å². The largest absolute Gasteiger partial charge is 0.310 e. The minimum absolute atomic E-state index is 0.121. The van der Waals surface area contributed by atoms with E-state index >= 15 is 0 Å². The number of aryl methyl sites for hydroxylation is 1. The van der Waals surface area contributed by atoms with Gasteiger partial charge in [-0.25, -0.2) is 13.1 Å². The summed E-state index contributed by atoms with van der Waals surface area (Å²) in [6, 6.07) is 0.463. The van der Waals surface area contributed by atoms with Gasteiger partial charge in [0, 0.05) is 23.5 Å². The van der Waals surface area contributed by atoms with Crippen molar-refractivity contribution in [3.05, 3.63) is 15.8 Å². The SMILES string of the molecule is Cc1csc(CNC(C)C)c1S(=O)(=O)NC1CC1C. The molecule has 1 aliphatic carbocycles. The maximum atomic E-state index is 12.4. The zero-order chi connectivity index (χ0) is 14.2. The predicted octanol–water partition coefficient (Wildman–Crippen LogP) is 2.24. The smallest absolute Gasteiger partial charge is 0.242 e. The third kappa shape index (κ3) is 3.56. The Hall–Kier alpha value is -0.430. The maximum Gasteiger partial charge on any atom is 0.242 e. The van der Waals surface area contributed by atoms with Crippen molar-refractivity contribution in [2.45, 2.75) is 57.6 Å². The zero-order valence-electron chi connectivity index (χ0n) is 11.9. The fourth-order valence-corrected chi connectivity index (χ4v) is 5.13. The van der Waals surface area contributed by atoms with Crippen LogP contribution in [0.15, 0.2) is 10.3 Å². The molecular weight excluding hydrogens is 280 g/mol. The summed E-state index contributed by atoms with van der Waals surface area (Å²) < 4.78 is 27.7. The number of thiophene rings is 1. The van der Waals surface area contributed by atoms with Crippen LogP contribution in [0.1, 0.15) is 37.6 Å². The van der Waals surface area contributed by atoms with Gasteiger partial charge in [0.25, 0.3) is 0 Å². The van der Waals surface area contributed by atoms with Crippen molar-refractivity contribution in [2.24, 2.45) is 5.92 Å². The van der Waals surface area contributed by atoms with Crippen LogP contribution < -0.4 is 10.0 Å². The van der Waals surface area contributed by atoms with E-state index in [4.69, 9.17) is 0 Å². The van der Waals surface area contributed by atoms with E-state index in [0.29, 0.717) is 23.4 Å². The van der Waals surface area contributed by atoms with Crippen LogP contribution in [0, 0.1) is 12.8 Å². The van der Waals surface area contributed by atoms with Crippen molar-refractivity contribution >= 4 is 21.4 Å². The highest BCUT2D eigenvalue weighted by Crippen LogP contribution is 2.33. The molecule has 108 valence electrons. The topological polar surface area (TPSA) is 58.2 Å². The molecule has 0 spiro atoms. The van der Waals surface area contributed by atoms with Crippen molar-refractivity contribution in [3.8, 4) is 0 Å². The second kappa shape index (κ2) is 5.52. The summed E-state index contributed by atoms with van der Waals surface area (Å²) in [5.74, 6) is 0.464. The van der Waals surface area contributed by atoms with Crippen LogP contribution in [0.5, 0.6) is 0 Å². The van der Waals surface area contributed by atoms with Crippen LogP contribution in [0.3, 0.4) is 0 Å². The summed E-state index contributed by atoms with van der Waals surface area (Å²) in [6.45, 7) is 8.64. The number of hydrogen-bond acceptors (Lipinski definition) is 4. The lowest BCUT2D eigenvalue weighted by molar-refractivity contribution is 0.568. The standard InChI is InChI=1S/C13H22N2O2S2/c1-8(2)14-6-12-13(10(4)7-18-12)19(16,17)15-11-5-9(11)3/h7-9,11,14-15H,5-6H2,1-4H3. The van der Waals surface area contributed by atoms with Gasteiger partial charge in [0.05, 0.1) is 0 Å². The average Bonchev–Trinajstić information content (AvgIpc) is 2.82. The minimum Gasteiger partial charge on any atom is -0.310 e. The van der Waals surface area contributed by atoms with Crippen LogP contribution in [0.25, 0.3) is 0 Å². The Morgan fingerprint density at radius 1 is 1.47 bits per heavy atom. The van der Waals surface area contributed by atoms with E-state index in [2.05, 4.69) is 30.8 Å². The summed E-state index contributed by atoms with van der Waals surface area (Å²) in [5, 5.41) is 5.20. The second-order valence-corrected chi connectivity index (χ2v) is 8.26. The summed E-state index contributed by atoms with van der Waals surface area (Å²) in [6.07, 6.45) is 0.946. The van der Waals surface area contributed by atoms with Crippen LogP contribution in [-0.2, 0) is 16.6 Å². The van der Waals surface area contributed by atoms with Gasteiger partial charge in [0.2, 0.25) is 10.0 Å². The monoisotopic (exact) mass is 302 g/mol. The molecule has 2 rings (SSSR count). The molecule has 1 heterocycles. The fraction of sp³-hybridized carbons (Fsp3) is 0.692. The molecule has 1 aromatic heterocycles. The Balaban J connectivity index is 2.20. The minimum atomic E-state index is -3.38. The Morgan fingerprint density at radius 3 is 2.63 bits per heavy atom. The quantitative estimate of drug-likeness (QED) is 0.847. The highest BCUT2D eigenvalue weighted by atomic mass is 32.2. The molecule has 0 saturated heterocycles. The van der Waals surface area contributed by atoms with Crippen LogP contribution in [0.2, 0.25) is 0 Å². The van der Waals surface area contributed by atoms with Gasteiger partial charge in [-0.2, -0.15) is 0 Å². The molecule has 0 radical (unpaired) electrons. The first-order valence-corrected chi connectivity index (χ1v) is 9.00. The molecule has 2 unspecified atom stereocenters. The first kappa shape index (κ1) is 15.0. The molecule has 2 N–H and O–H groups in total. The summed E-state index contributed by atoms with van der Waals surface area (Å²) >= 11 is 1.51. The molecule has 1 aromatic rings. The number of nitrogens with one attached hydrogen (secondary N) is 2. The van der Waals surface area contributed by atoms with Gasteiger partial charge in [-0.3, -0.25) is 0 Å². The van der Waals surface area contributed by atoms with Crippen LogP contribution in [0.4, 0.5) is 0 Å². The van der Waals surface area contributed by atoms with Gasteiger partial charge < -0.3 is 5.32 Å². The van der Waals surface area contributed by atoms with Crippen LogP contribution in [-0.4, -0.2) is 20.5 Å². The fourth-order valence-electron chi connectivity index (χ4n) is 2.01. The average molecular weight is 302 g/mol. The summed E-state index contributed by atoms with van der Waals surface area (Å²) in [7, 11) is -3.38. The molecule has 1 saturated carbocycles. The zero-order valence-corrected chi connectivity index (χ0v) is 13.5. The number of sulfonamides is 1. The summed E-state index contributed by atoms with van der Waals surface area (Å²) in [5.41, 5.74) is 0.839. The lowest BCUT2D eigenvalue weighted by atomic mass is 10.3. The van der Waals surface area contributed by atoms with Crippen molar-refractivity contribution in [1.29, 1.82) is 0 Å². The first-order valence-electron chi connectivity index (χ1n) is 6.64. The molecule has 0 amide bonds. The van der Waals surface area contributed by atoms with Gasteiger partial charge in [0.15, 0.2) is 0 Å². The van der Waals surface area contributed by atoms with Gasteiger partial charge >= 0.3 is 0 Å². The van der Waals surface area contributed by atoms with E-state index < -0.39 is 10.0 Å². The van der Waals surface area contributed by atoms with E-state index in [1.165, 1.54) is 11.3 Å². The molecule has 1 aliphatic rings. The first-order chi connectivity index (χ1) is 8.81. The molecule has 2 atom stereocenters. The third-order valence-electron chi connectivity index (χ3n) is 3.34. The third-order valence-corrected chi connectivity index (χ3v) is 6.30. The van der Waals surface area contributed by atoms with Gasteiger partial charge in [0.1, 0.15) is 4.90 Å². The Bertz CT molecular complexity index is 549. The second-order valence-electron chi connectivity index (χ2n) is 5.65. The molecule has 6 heteroatoms. The Morgan fingerprint density at radius 2 is 2.11 bits per heavy atom. The molecular formula is C13H22N2O2S2. The van der Waals surface area contributed by atoms with Gasteiger partial charge in [-0.1, -0.05) is 20.8 Å². The Kier molecular flexibility index (Phi) is 4.35. The lowest BCUT2D eigenvalue weighted by Gasteiger charge is -2.11. The molecule has 0 bridgehead atoms. The Labute approximate surface area is 119 Å². The highest BCUT2D eigenvalue weighted by Gasteiger charge is 2.37. The van der Waals surface area contributed by atoms with Crippen molar-refractivity contribution < 1.29 is 8.42 Å². The van der Waals surface area contributed by atoms with E-state index in [0.717, 1.165) is 16.9 Å². The predicted molar refractivity (Wildman–Crippen MR) is 78.9 cm³/mol. The lowest BCUT2D eigenvalue weighted by Crippen LogP contribution is -2.29. The van der Waals surface area contributed by atoms with Crippen molar-refractivity contribution in [1.82, 2.24) is 10.0 Å². The van der Waals surface area contributed by atoms with E-state index in [1.54, 1.807) is 0 Å². The van der Waals surface area contributed by atoms with Gasteiger partial charge in [-0.15, -0.1) is 11.3 Å². The molecule has 1 fully saturated rings. The van der Waals surface area contributed by atoms with Crippen molar-refractivity contribution in [2.75, 3.05) is 0 Å². The van der Waals surface area contributed by atoms with E-state index in [9.17, 15) is 8.42 Å². The van der Waals surface area contributed by atoms with E-state index in [-0.39, 0.29) is 6.04 Å². The number of hydrogen-bond donors (Lipinski definition) is 2. The maximum absolute atomic E-state index is 12.4. The van der Waals surface area contributed by atoms with E-state index in [1.807, 2.05) is 12.3 Å². The van der Waals surface area contributed by atoms with Gasteiger partial charge in [-0.05, 0) is 30.2 Å².